The third-order valence-corrected chi connectivity index (χ3v) is 5.36. The summed E-state index contributed by atoms with van der Waals surface area (Å²) in [5, 5.41) is 5.75. The predicted octanol–water partition coefficient (Wildman–Crippen LogP) is 2.96. The number of benzene rings is 2. The molecule has 1 aromatic heterocycles. The van der Waals surface area contributed by atoms with Gasteiger partial charge in [0, 0.05) is 32.3 Å². The number of nitrogens with zero attached hydrogens (tertiary/aromatic N) is 3. The van der Waals surface area contributed by atoms with Gasteiger partial charge in [0.25, 0.3) is 0 Å². The van der Waals surface area contributed by atoms with Crippen LogP contribution in [-0.4, -0.2) is 40.9 Å². The van der Waals surface area contributed by atoms with Crippen molar-refractivity contribution >= 4 is 16.7 Å². The van der Waals surface area contributed by atoms with E-state index in [2.05, 4.69) is 40.6 Å². The SMILES string of the molecule is CC(=O)N(C)[C@]1(c2nccc(-c3ccc4ccccc4c3)n2)CCNC1. The highest BCUT2D eigenvalue weighted by atomic mass is 16.2. The molecule has 132 valence electrons. The minimum atomic E-state index is -0.487. The second-order valence-electron chi connectivity index (χ2n) is 6.86. The van der Waals surface area contributed by atoms with Crippen LogP contribution in [0.3, 0.4) is 0 Å². The number of carbonyl (C=O) groups is 1. The maximum atomic E-state index is 12.1. The summed E-state index contributed by atoms with van der Waals surface area (Å²) in [5.41, 5.74) is 1.45. The molecule has 26 heavy (non-hydrogen) atoms. The largest absolute Gasteiger partial charge is 0.332 e. The molecule has 3 aromatic rings. The molecule has 2 heterocycles. The molecule has 1 amide bonds. The van der Waals surface area contributed by atoms with Crippen molar-refractivity contribution < 1.29 is 4.79 Å². The number of carbonyl (C=O) groups excluding carboxylic acids is 1. The zero-order valence-electron chi connectivity index (χ0n) is 15.1. The van der Waals surface area contributed by atoms with E-state index in [0.717, 1.165) is 24.2 Å². The van der Waals surface area contributed by atoms with Crippen molar-refractivity contribution in [3.05, 3.63) is 60.6 Å². The molecule has 1 fully saturated rings. The summed E-state index contributed by atoms with van der Waals surface area (Å²) < 4.78 is 0. The van der Waals surface area contributed by atoms with Gasteiger partial charge in [-0.1, -0.05) is 36.4 Å². The second kappa shape index (κ2) is 6.50. The standard InChI is InChI=1S/C21H22N4O/c1-15(26)25(2)21(10-12-22-14-21)20-23-11-9-19(24-20)18-8-7-16-5-3-4-6-17(16)13-18/h3-9,11,13,22H,10,12,14H2,1-2H3/t21-/m1/s1. The average molecular weight is 346 g/mol. The van der Waals surface area contributed by atoms with Crippen LogP contribution < -0.4 is 5.32 Å². The van der Waals surface area contributed by atoms with E-state index in [4.69, 9.17) is 4.98 Å². The van der Waals surface area contributed by atoms with Gasteiger partial charge in [0.05, 0.1) is 5.69 Å². The molecule has 0 bridgehead atoms. The zero-order valence-corrected chi connectivity index (χ0v) is 15.1. The van der Waals surface area contributed by atoms with Gasteiger partial charge in [-0.05, 0) is 35.9 Å². The van der Waals surface area contributed by atoms with E-state index in [1.807, 2.05) is 25.2 Å². The fraction of sp³-hybridized carbons (Fsp3) is 0.286. The van der Waals surface area contributed by atoms with E-state index in [-0.39, 0.29) is 5.91 Å². The lowest BCUT2D eigenvalue weighted by Gasteiger charge is -2.36. The van der Waals surface area contributed by atoms with Crippen LogP contribution in [0, 0.1) is 0 Å². The fourth-order valence-corrected chi connectivity index (χ4v) is 3.70. The fourth-order valence-electron chi connectivity index (χ4n) is 3.70. The van der Waals surface area contributed by atoms with Crippen molar-refractivity contribution in [1.29, 1.82) is 0 Å². The highest BCUT2D eigenvalue weighted by Crippen LogP contribution is 2.33. The maximum absolute atomic E-state index is 12.1. The van der Waals surface area contributed by atoms with Crippen molar-refractivity contribution in [2.45, 2.75) is 18.9 Å². The molecule has 2 aromatic carbocycles. The van der Waals surface area contributed by atoms with Gasteiger partial charge in [0.2, 0.25) is 5.91 Å². The van der Waals surface area contributed by atoms with Crippen LogP contribution in [0.4, 0.5) is 0 Å². The molecule has 5 nitrogen and oxygen atoms in total. The third kappa shape index (κ3) is 2.74. The molecule has 0 aliphatic carbocycles. The number of likely N-dealkylation sites (N-methyl/N-ethyl adjacent to an activating group) is 1. The Kier molecular flexibility index (Phi) is 4.17. The Hall–Kier alpha value is -2.79. The van der Waals surface area contributed by atoms with Crippen molar-refractivity contribution in [3.8, 4) is 11.3 Å². The Morgan fingerprint density at radius 3 is 2.69 bits per heavy atom. The Balaban J connectivity index is 1.79. The first kappa shape index (κ1) is 16.7. The van der Waals surface area contributed by atoms with Gasteiger partial charge in [-0.3, -0.25) is 4.79 Å². The van der Waals surface area contributed by atoms with Gasteiger partial charge in [-0.25, -0.2) is 9.97 Å². The molecule has 0 unspecified atom stereocenters. The number of nitrogens with one attached hydrogen (secondary N) is 1. The molecule has 4 rings (SSSR count). The lowest BCUT2D eigenvalue weighted by Crippen LogP contribution is -2.49. The van der Waals surface area contributed by atoms with E-state index >= 15 is 0 Å². The van der Waals surface area contributed by atoms with Crippen molar-refractivity contribution in [2.75, 3.05) is 20.1 Å². The van der Waals surface area contributed by atoms with Crippen molar-refractivity contribution in [2.24, 2.45) is 0 Å². The van der Waals surface area contributed by atoms with Gasteiger partial charge in [0.15, 0.2) is 5.82 Å². The van der Waals surface area contributed by atoms with E-state index < -0.39 is 5.54 Å². The zero-order chi connectivity index (χ0) is 18.1. The molecular weight excluding hydrogens is 324 g/mol. The predicted molar refractivity (Wildman–Crippen MR) is 103 cm³/mol. The average Bonchev–Trinajstić information content (AvgIpc) is 3.18. The second-order valence-corrected chi connectivity index (χ2v) is 6.86. The third-order valence-electron chi connectivity index (χ3n) is 5.36. The molecule has 1 aliphatic rings. The molecule has 0 saturated carbocycles. The topological polar surface area (TPSA) is 58.1 Å². The van der Waals surface area contributed by atoms with Crippen LogP contribution in [0.25, 0.3) is 22.0 Å². The number of fused-ring (bicyclic) bond motifs is 1. The lowest BCUT2D eigenvalue weighted by atomic mass is 9.94. The van der Waals surface area contributed by atoms with Gasteiger partial charge >= 0.3 is 0 Å². The normalized spacial score (nSPS) is 19.6. The maximum Gasteiger partial charge on any atom is 0.220 e. The number of aromatic nitrogens is 2. The van der Waals surface area contributed by atoms with E-state index in [9.17, 15) is 4.79 Å². The van der Waals surface area contributed by atoms with Crippen LogP contribution in [0.15, 0.2) is 54.7 Å². The Bertz CT molecular complexity index is 963. The number of rotatable bonds is 3. The summed E-state index contributed by atoms with van der Waals surface area (Å²) in [4.78, 5) is 23.2. The van der Waals surface area contributed by atoms with Gasteiger partial charge < -0.3 is 10.2 Å². The Morgan fingerprint density at radius 1 is 1.15 bits per heavy atom. The Morgan fingerprint density at radius 2 is 1.96 bits per heavy atom. The molecule has 1 N–H and O–H groups in total. The molecular formula is C21H22N4O. The highest BCUT2D eigenvalue weighted by Gasteiger charge is 2.43. The highest BCUT2D eigenvalue weighted by molar-refractivity contribution is 5.86. The van der Waals surface area contributed by atoms with E-state index in [1.165, 1.54) is 10.8 Å². The molecule has 5 heteroatoms. The summed E-state index contributed by atoms with van der Waals surface area (Å²) in [6, 6.07) is 16.6. The minimum Gasteiger partial charge on any atom is -0.332 e. The number of hydrogen-bond donors (Lipinski definition) is 1. The van der Waals surface area contributed by atoms with Crippen LogP contribution in [0.2, 0.25) is 0 Å². The van der Waals surface area contributed by atoms with Gasteiger partial charge in [-0.2, -0.15) is 0 Å². The molecule has 1 atom stereocenters. The van der Waals surface area contributed by atoms with E-state index in [1.54, 1.807) is 18.0 Å². The van der Waals surface area contributed by atoms with Crippen LogP contribution >= 0.6 is 0 Å². The van der Waals surface area contributed by atoms with Gasteiger partial charge in [0.1, 0.15) is 5.54 Å². The molecule has 1 saturated heterocycles. The van der Waals surface area contributed by atoms with Crippen molar-refractivity contribution in [1.82, 2.24) is 20.2 Å². The Labute approximate surface area is 153 Å². The van der Waals surface area contributed by atoms with Crippen LogP contribution in [0.5, 0.6) is 0 Å². The summed E-state index contributed by atoms with van der Waals surface area (Å²) in [6.07, 6.45) is 2.60. The number of hydrogen-bond acceptors (Lipinski definition) is 4. The molecule has 0 spiro atoms. The summed E-state index contributed by atoms with van der Waals surface area (Å²) in [6.45, 7) is 3.11. The first-order valence-corrected chi connectivity index (χ1v) is 8.88. The van der Waals surface area contributed by atoms with E-state index in [0.29, 0.717) is 12.4 Å². The first-order chi connectivity index (χ1) is 12.6. The lowest BCUT2D eigenvalue weighted by molar-refractivity contribution is -0.133. The summed E-state index contributed by atoms with van der Waals surface area (Å²) in [5.74, 6) is 0.722. The summed E-state index contributed by atoms with van der Waals surface area (Å²) >= 11 is 0. The molecule has 1 aliphatic heterocycles. The quantitative estimate of drug-likeness (QED) is 0.792. The minimum absolute atomic E-state index is 0.0217. The van der Waals surface area contributed by atoms with Crippen LogP contribution in [0.1, 0.15) is 19.2 Å². The summed E-state index contributed by atoms with van der Waals surface area (Å²) in [7, 11) is 1.83. The smallest absolute Gasteiger partial charge is 0.220 e. The van der Waals surface area contributed by atoms with Crippen molar-refractivity contribution in [3.63, 3.8) is 0 Å². The molecule has 0 radical (unpaired) electrons. The number of amides is 1. The van der Waals surface area contributed by atoms with Crippen LogP contribution in [-0.2, 0) is 10.3 Å². The van der Waals surface area contributed by atoms with Gasteiger partial charge in [-0.15, -0.1) is 0 Å². The first-order valence-electron chi connectivity index (χ1n) is 8.88. The monoisotopic (exact) mass is 346 g/mol.